The maximum atomic E-state index is 12.3. The van der Waals surface area contributed by atoms with Crippen LogP contribution in [0.25, 0.3) is 10.9 Å². The van der Waals surface area contributed by atoms with Gasteiger partial charge in [0.05, 0.1) is 13.0 Å². The van der Waals surface area contributed by atoms with Gasteiger partial charge in [0, 0.05) is 48.5 Å². The van der Waals surface area contributed by atoms with Gasteiger partial charge in [0.25, 0.3) is 0 Å². The fourth-order valence-corrected chi connectivity index (χ4v) is 3.53. The number of rotatable bonds is 4. The number of amides is 3. The largest absolute Gasteiger partial charge is 0.350 e. The Morgan fingerprint density at radius 1 is 1.17 bits per heavy atom. The number of hydrogen-bond donors (Lipinski definition) is 2. The summed E-state index contributed by atoms with van der Waals surface area (Å²) in [5, 5.41) is 6.74. The van der Waals surface area contributed by atoms with Gasteiger partial charge in [0.15, 0.2) is 0 Å². The van der Waals surface area contributed by atoms with E-state index in [0.717, 1.165) is 27.7 Å². The van der Waals surface area contributed by atoms with Crippen molar-refractivity contribution in [3.05, 3.63) is 65.9 Å². The fourth-order valence-electron chi connectivity index (χ4n) is 3.53. The Hall–Kier alpha value is -3.72. The van der Waals surface area contributed by atoms with Crippen LogP contribution in [0.2, 0.25) is 0 Å². The first kappa shape index (κ1) is 18.6. The predicted octanol–water partition coefficient (Wildman–Crippen LogP) is 2.42. The number of benzene rings is 2. The molecule has 1 saturated heterocycles. The molecule has 29 heavy (non-hydrogen) atoms. The highest BCUT2D eigenvalue weighted by Gasteiger charge is 2.20. The smallest absolute Gasteiger partial charge is 0.321 e. The van der Waals surface area contributed by atoms with Gasteiger partial charge in [-0.1, -0.05) is 30.0 Å². The highest BCUT2D eigenvalue weighted by molar-refractivity contribution is 5.94. The van der Waals surface area contributed by atoms with Crippen LogP contribution in [0.5, 0.6) is 0 Å². The number of urea groups is 1. The van der Waals surface area contributed by atoms with E-state index in [9.17, 15) is 9.59 Å². The Morgan fingerprint density at radius 3 is 2.72 bits per heavy atom. The summed E-state index contributed by atoms with van der Waals surface area (Å²) in [7, 11) is 1.98. The number of nitrogens with one attached hydrogen (secondary N) is 2. The van der Waals surface area contributed by atoms with Gasteiger partial charge in [-0.2, -0.15) is 0 Å². The third kappa shape index (κ3) is 4.09. The van der Waals surface area contributed by atoms with Crippen LogP contribution >= 0.6 is 0 Å². The number of carbonyl (C=O) groups excluding carboxylic acids is 2. The summed E-state index contributed by atoms with van der Waals surface area (Å²) in [6, 6.07) is 15.5. The molecule has 0 bridgehead atoms. The normalized spacial score (nSPS) is 13.1. The lowest BCUT2D eigenvalue weighted by atomic mass is 10.1. The van der Waals surface area contributed by atoms with Crippen molar-refractivity contribution < 1.29 is 9.59 Å². The minimum absolute atomic E-state index is 0.0500. The number of anilines is 1. The van der Waals surface area contributed by atoms with E-state index in [0.29, 0.717) is 26.1 Å². The van der Waals surface area contributed by atoms with Crippen molar-refractivity contribution in [3.63, 3.8) is 0 Å². The van der Waals surface area contributed by atoms with E-state index in [1.807, 2.05) is 66.3 Å². The van der Waals surface area contributed by atoms with Crippen LogP contribution in [0.15, 0.2) is 54.7 Å². The monoisotopic (exact) mass is 386 g/mol. The van der Waals surface area contributed by atoms with Gasteiger partial charge in [-0.15, -0.1) is 0 Å². The molecule has 2 N–H and O–H groups in total. The molecule has 1 aliphatic heterocycles. The Morgan fingerprint density at radius 2 is 1.97 bits per heavy atom. The van der Waals surface area contributed by atoms with Gasteiger partial charge < -0.3 is 15.2 Å². The Labute approximate surface area is 169 Å². The summed E-state index contributed by atoms with van der Waals surface area (Å²) in [6.45, 7) is 1.63. The second-order valence-corrected chi connectivity index (χ2v) is 6.97. The zero-order chi connectivity index (χ0) is 20.2. The van der Waals surface area contributed by atoms with Gasteiger partial charge >= 0.3 is 6.03 Å². The molecule has 1 aromatic heterocycles. The fraction of sp³-hybridized carbons (Fsp3) is 0.217. The lowest BCUT2D eigenvalue weighted by Crippen LogP contribution is -2.27. The first-order chi connectivity index (χ1) is 14.1. The molecule has 1 aliphatic rings. The van der Waals surface area contributed by atoms with Gasteiger partial charge in [0.1, 0.15) is 0 Å². The topological polar surface area (TPSA) is 66.4 Å². The van der Waals surface area contributed by atoms with Crippen molar-refractivity contribution in [1.82, 2.24) is 15.2 Å². The van der Waals surface area contributed by atoms with E-state index < -0.39 is 0 Å². The van der Waals surface area contributed by atoms with Crippen LogP contribution in [0.3, 0.4) is 0 Å². The molecule has 0 unspecified atom stereocenters. The molecule has 2 aromatic carbocycles. The second-order valence-electron chi connectivity index (χ2n) is 6.97. The van der Waals surface area contributed by atoms with Crippen LogP contribution in [0.4, 0.5) is 10.5 Å². The standard InChI is InChI=1S/C23H22N4O2/c1-26-16-18(20-6-2-3-7-21(20)26)15-22(28)24-12-4-5-17-8-10-19(11-9-17)27-14-13-25-23(27)29/h2-3,6-11,16H,12-15H2,1H3,(H,24,28)(H,25,29). The minimum Gasteiger partial charge on any atom is -0.350 e. The molecule has 0 radical (unpaired) electrons. The summed E-state index contributed by atoms with van der Waals surface area (Å²) in [6.07, 6.45) is 2.33. The Balaban J connectivity index is 1.32. The van der Waals surface area contributed by atoms with Crippen molar-refractivity contribution >= 4 is 28.5 Å². The quantitative estimate of drug-likeness (QED) is 0.677. The summed E-state index contributed by atoms with van der Waals surface area (Å²) in [4.78, 5) is 25.7. The Bertz CT molecular complexity index is 1120. The van der Waals surface area contributed by atoms with Crippen molar-refractivity contribution in [3.8, 4) is 11.8 Å². The van der Waals surface area contributed by atoms with E-state index in [2.05, 4.69) is 22.5 Å². The zero-order valence-electron chi connectivity index (χ0n) is 16.2. The maximum Gasteiger partial charge on any atom is 0.321 e. The first-order valence-electron chi connectivity index (χ1n) is 9.56. The molecule has 1 fully saturated rings. The molecule has 6 heteroatoms. The molecule has 3 aromatic rings. The zero-order valence-corrected chi connectivity index (χ0v) is 16.2. The molecule has 2 heterocycles. The van der Waals surface area contributed by atoms with E-state index in [1.54, 1.807) is 4.90 Å². The van der Waals surface area contributed by atoms with E-state index in [1.165, 1.54) is 0 Å². The third-order valence-corrected chi connectivity index (χ3v) is 4.97. The van der Waals surface area contributed by atoms with Gasteiger partial charge in [-0.05, 0) is 35.9 Å². The number of fused-ring (bicyclic) bond motifs is 1. The highest BCUT2D eigenvalue weighted by atomic mass is 16.2. The first-order valence-corrected chi connectivity index (χ1v) is 9.56. The number of aromatic nitrogens is 1. The number of carbonyl (C=O) groups is 2. The lowest BCUT2D eigenvalue weighted by molar-refractivity contribution is -0.120. The van der Waals surface area contributed by atoms with Crippen LogP contribution < -0.4 is 15.5 Å². The summed E-state index contributed by atoms with van der Waals surface area (Å²) in [5.74, 6) is 5.97. The van der Waals surface area contributed by atoms with Crippen molar-refractivity contribution in [2.24, 2.45) is 7.05 Å². The molecule has 3 amide bonds. The molecule has 0 saturated carbocycles. The van der Waals surface area contributed by atoms with Crippen molar-refractivity contribution in [2.75, 3.05) is 24.5 Å². The van der Waals surface area contributed by atoms with Crippen molar-refractivity contribution in [1.29, 1.82) is 0 Å². The van der Waals surface area contributed by atoms with Crippen LogP contribution in [0, 0.1) is 11.8 Å². The molecule has 6 nitrogen and oxygen atoms in total. The molecule has 146 valence electrons. The molecule has 0 spiro atoms. The van der Waals surface area contributed by atoms with Crippen LogP contribution in [0.1, 0.15) is 11.1 Å². The highest BCUT2D eigenvalue weighted by Crippen LogP contribution is 2.20. The second kappa shape index (κ2) is 8.11. The molecular formula is C23H22N4O2. The molecular weight excluding hydrogens is 364 g/mol. The molecule has 0 atom stereocenters. The van der Waals surface area contributed by atoms with Crippen LogP contribution in [-0.4, -0.2) is 36.1 Å². The number of nitrogens with zero attached hydrogens (tertiary/aromatic N) is 2. The molecule has 4 rings (SSSR count). The summed E-state index contributed by atoms with van der Waals surface area (Å²) in [5.41, 5.74) is 3.82. The summed E-state index contributed by atoms with van der Waals surface area (Å²) >= 11 is 0. The van der Waals surface area contributed by atoms with Gasteiger partial charge in [-0.3, -0.25) is 9.69 Å². The summed E-state index contributed by atoms with van der Waals surface area (Å²) < 4.78 is 2.03. The van der Waals surface area contributed by atoms with E-state index in [4.69, 9.17) is 0 Å². The Kier molecular flexibility index (Phi) is 5.21. The third-order valence-electron chi connectivity index (χ3n) is 4.97. The van der Waals surface area contributed by atoms with E-state index >= 15 is 0 Å². The van der Waals surface area contributed by atoms with Gasteiger partial charge in [0.2, 0.25) is 5.91 Å². The lowest BCUT2D eigenvalue weighted by Gasteiger charge is -2.13. The SMILES string of the molecule is Cn1cc(CC(=O)NCC#Cc2ccc(N3CCNC3=O)cc2)c2ccccc21. The minimum atomic E-state index is -0.0715. The van der Waals surface area contributed by atoms with Crippen molar-refractivity contribution in [2.45, 2.75) is 6.42 Å². The van der Waals surface area contributed by atoms with Gasteiger partial charge in [-0.25, -0.2) is 4.79 Å². The predicted molar refractivity (Wildman–Crippen MR) is 114 cm³/mol. The number of para-hydroxylation sites is 1. The number of hydrogen-bond acceptors (Lipinski definition) is 2. The number of aryl methyl sites for hydroxylation is 1. The average molecular weight is 386 g/mol. The maximum absolute atomic E-state index is 12.3. The molecule has 0 aliphatic carbocycles. The van der Waals surface area contributed by atoms with E-state index in [-0.39, 0.29) is 11.9 Å². The van der Waals surface area contributed by atoms with Crippen LogP contribution in [-0.2, 0) is 18.3 Å². The average Bonchev–Trinajstić information content (AvgIpc) is 3.29.